The van der Waals surface area contributed by atoms with Gasteiger partial charge in [0.05, 0.1) is 11.9 Å². The Morgan fingerprint density at radius 2 is 1.78 bits per heavy atom. The summed E-state index contributed by atoms with van der Waals surface area (Å²) in [6, 6.07) is 23.5. The summed E-state index contributed by atoms with van der Waals surface area (Å²) in [6.45, 7) is 1.72. The third-order valence-corrected chi connectivity index (χ3v) is 4.85. The van der Waals surface area contributed by atoms with Crippen molar-refractivity contribution in [2.75, 3.05) is 5.43 Å². The maximum atomic E-state index is 13.9. The van der Waals surface area contributed by atoms with Gasteiger partial charge in [-0.15, -0.1) is 0 Å². The summed E-state index contributed by atoms with van der Waals surface area (Å²) in [5.41, 5.74) is 6.00. The third-order valence-electron chi connectivity index (χ3n) is 4.85. The molecule has 0 unspecified atom stereocenters. The number of benzene rings is 3. The van der Waals surface area contributed by atoms with E-state index in [0.717, 1.165) is 16.7 Å². The van der Waals surface area contributed by atoms with E-state index in [1.165, 1.54) is 6.07 Å². The van der Waals surface area contributed by atoms with Crippen molar-refractivity contribution in [1.29, 1.82) is 5.26 Å². The Hall–Kier alpha value is -4.57. The molecular weight excluding hydrogens is 405 g/mol. The number of hydrazone groups is 1. The zero-order chi connectivity index (χ0) is 22.5. The minimum absolute atomic E-state index is 0.0660. The Balaban J connectivity index is 1.58. The van der Waals surface area contributed by atoms with E-state index >= 15 is 0 Å². The van der Waals surface area contributed by atoms with Crippen molar-refractivity contribution in [3.63, 3.8) is 0 Å². The van der Waals surface area contributed by atoms with Crippen LogP contribution >= 0.6 is 0 Å². The zero-order valence-electron chi connectivity index (χ0n) is 17.1. The summed E-state index contributed by atoms with van der Waals surface area (Å²) < 4.78 is 13.9. The van der Waals surface area contributed by atoms with Crippen LogP contribution in [0, 0.1) is 24.1 Å². The number of anilines is 1. The van der Waals surface area contributed by atoms with Gasteiger partial charge in [0.25, 0.3) is 5.56 Å². The summed E-state index contributed by atoms with van der Waals surface area (Å²) in [5.74, 6) is -0.144. The number of aryl methyl sites for hydroxylation is 1. The molecule has 156 valence electrons. The quantitative estimate of drug-likeness (QED) is 0.354. The molecule has 0 aliphatic rings. The van der Waals surface area contributed by atoms with E-state index < -0.39 is 5.56 Å². The summed E-state index contributed by atoms with van der Waals surface area (Å²) in [6.07, 6.45) is 1.56. The number of hydrogen-bond donors (Lipinski definition) is 2. The molecule has 0 saturated heterocycles. The van der Waals surface area contributed by atoms with Crippen molar-refractivity contribution in [1.82, 2.24) is 9.97 Å². The lowest BCUT2D eigenvalue weighted by molar-refractivity contribution is 0.619. The molecule has 0 bridgehead atoms. The Kier molecular flexibility index (Phi) is 5.86. The van der Waals surface area contributed by atoms with Crippen molar-refractivity contribution in [3.05, 3.63) is 106 Å². The summed E-state index contributed by atoms with van der Waals surface area (Å²) >= 11 is 0. The highest BCUT2D eigenvalue weighted by molar-refractivity contribution is 5.83. The number of nitrogens with zero attached hydrogens (tertiary/aromatic N) is 3. The minimum Gasteiger partial charge on any atom is -0.290 e. The van der Waals surface area contributed by atoms with Gasteiger partial charge in [0, 0.05) is 5.56 Å². The van der Waals surface area contributed by atoms with Crippen LogP contribution in [-0.2, 0) is 0 Å². The molecule has 7 heteroatoms. The number of rotatable bonds is 5. The maximum Gasteiger partial charge on any atom is 0.270 e. The molecule has 0 amide bonds. The molecule has 0 radical (unpaired) electrons. The molecule has 0 saturated carbocycles. The average Bonchev–Trinajstić information content (AvgIpc) is 2.81. The summed E-state index contributed by atoms with van der Waals surface area (Å²) in [5, 5.41) is 13.5. The molecule has 4 rings (SSSR count). The van der Waals surface area contributed by atoms with Gasteiger partial charge < -0.3 is 0 Å². The molecule has 1 heterocycles. The number of nitriles is 1. The molecule has 1 aromatic heterocycles. The van der Waals surface area contributed by atoms with E-state index in [4.69, 9.17) is 0 Å². The van der Waals surface area contributed by atoms with E-state index in [1.54, 1.807) is 43.5 Å². The predicted molar refractivity (Wildman–Crippen MR) is 123 cm³/mol. The topological polar surface area (TPSA) is 93.9 Å². The van der Waals surface area contributed by atoms with Crippen LogP contribution in [0.1, 0.15) is 16.7 Å². The molecule has 3 aromatic carbocycles. The Bertz CT molecular complexity index is 1400. The van der Waals surface area contributed by atoms with Gasteiger partial charge >= 0.3 is 0 Å². The lowest BCUT2D eigenvalue weighted by Gasteiger charge is -2.06. The van der Waals surface area contributed by atoms with Gasteiger partial charge in [-0.3, -0.25) is 9.78 Å². The monoisotopic (exact) mass is 423 g/mol. The van der Waals surface area contributed by atoms with Crippen LogP contribution in [0.25, 0.3) is 22.4 Å². The first-order chi connectivity index (χ1) is 15.5. The normalized spacial score (nSPS) is 10.8. The van der Waals surface area contributed by atoms with Crippen LogP contribution < -0.4 is 11.0 Å². The molecule has 32 heavy (non-hydrogen) atoms. The molecular formula is C25H18FN5O. The average molecular weight is 423 g/mol. The van der Waals surface area contributed by atoms with Gasteiger partial charge in [0.2, 0.25) is 5.95 Å². The van der Waals surface area contributed by atoms with Crippen LogP contribution in [-0.4, -0.2) is 16.2 Å². The fourth-order valence-electron chi connectivity index (χ4n) is 3.17. The molecule has 4 aromatic rings. The van der Waals surface area contributed by atoms with Crippen molar-refractivity contribution < 1.29 is 4.39 Å². The standard InChI is InChI=1S/C25H18FN5O/c1-16-10-11-20(13-22(16)26)19-9-5-6-17(12-19)15-28-31-25-29-23(18-7-3-2-4-8-18)21(14-27)24(32)30-25/h2-13,15H,1H3,(H2,29,30,31,32). The molecule has 0 atom stereocenters. The van der Waals surface area contributed by atoms with Crippen molar-refractivity contribution in [2.45, 2.75) is 6.92 Å². The fourth-order valence-corrected chi connectivity index (χ4v) is 3.17. The molecule has 6 nitrogen and oxygen atoms in total. The maximum absolute atomic E-state index is 13.9. The van der Waals surface area contributed by atoms with Gasteiger partial charge in [-0.1, -0.05) is 60.7 Å². The number of aromatic amines is 1. The second kappa shape index (κ2) is 9.06. The predicted octanol–water partition coefficient (Wildman–Crippen LogP) is 4.87. The molecule has 0 fully saturated rings. The fraction of sp³-hybridized carbons (Fsp3) is 0.0400. The van der Waals surface area contributed by atoms with Crippen LogP contribution in [0.15, 0.2) is 82.7 Å². The Morgan fingerprint density at radius 3 is 2.53 bits per heavy atom. The van der Waals surface area contributed by atoms with Gasteiger partial charge in [-0.25, -0.2) is 14.8 Å². The van der Waals surface area contributed by atoms with Crippen molar-refractivity contribution >= 4 is 12.2 Å². The van der Waals surface area contributed by atoms with E-state index in [2.05, 4.69) is 20.5 Å². The van der Waals surface area contributed by atoms with Gasteiger partial charge in [0.15, 0.2) is 0 Å². The van der Waals surface area contributed by atoms with E-state index in [-0.39, 0.29) is 23.0 Å². The van der Waals surface area contributed by atoms with Crippen LogP contribution in [0.4, 0.5) is 10.3 Å². The molecule has 0 aliphatic heterocycles. The smallest absolute Gasteiger partial charge is 0.270 e. The highest BCUT2D eigenvalue weighted by Gasteiger charge is 2.12. The highest BCUT2D eigenvalue weighted by atomic mass is 19.1. The number of aromatic nitrogens is 2. The van der Waals surface area contributed by atoms with Crippen LogP contribution in [0.3, 0.4) is 0 Å². The molecule has 2 N–H and O–H groups in total. The molecule has 0 spiro atoms. The number of hydrogen-bond acceptors (Lipinski definition) is 5. The van der Waals surface area contributed by atoms with Crippen LogP contribution in [0.5, 0.6) is 0 Å². The molecule has 0 aliphatic carbocycles. The first kappa shape index (κ1) is 20.7. The number of halogens is 1. The van der Waals surface area contributed by atoms with E-state index in [9.17, 15) is 14.4 Å². The second-order valence-corrected chi connectivity index (χ2v) is 7.08. The Labute approximate surface area is 183 Å². The van der Waals surface area contributed by atoms with Crippen molar-refractivity contribution in [3.8, 4) is 28.5 Å². The highest BCUT2D eigenvalue weighted by Crippen LogP contribution is 2.23. The van der Waals surface area contributed by atoms with E-state index in [1.807, 2.05) is 42.5 Å². The Morgan fingerprint density at radius 1 is 1.03 bits per heavy atom. The van der Waals surface area contributed by atoms with Crippen LogP contribution in [0.2, 0.25) is 0 Å². The lowest BCUT2D eigenvalue weighted by atomic mass is 10.0. The van der Waals surface area contributed by atoms with Crippen molar-refractivity contribution in [2.24, 2.45) is 5.10 Å². The number of nitrogens with one attached hydrogen (secondary N) is 2. The largest absolute Gasteiger partial charge is 0.290 e. The lowest BCUT2D eigenvalue weighted by Crippen LogP contribution is -2.16. The van der Waals surface area contributed by atoms with Gasteiger partial charge in [-0.2, -0.15) is 10.4 Å². The van der Waals surface area contributed by atoms with Gasteiger partial charge in [0.1, 0.15) is 17.4 Å². The zero-order valence-corrected chi connectivity index (χ0v) is 17.1. The third kappa shape index (κ3) is 4.45. The number of H-pyrrole nitrogens is 1. The second-order valence-electron chi connectivity index (χ2n) is 7.08. The van der Waals surface area contributed by atoms with E-state index in [0.29, 0.717) is 11.1 Å². The SMILES string of the molecule is Cc1ccc(-c2cccc(C=NNc3nc(-c4ccccc4)c(C#N)c(=O)[nH]3)c2)cc1F. The van der Waals surface area contributed by atoms with Gasteiger partial charge in [-0.05, 0) is 41.3 Å². The first-order valence-corrected chi connectivity index (χ1v) is 9.80. The summed E-state index contributed by atoms with van der Waals surface area (Å²) in [4.78, 5) is 19.2. The minimum atomic E-state index is -0.553. The first-order valence-electron chi connectivity index (χ1n) is 9.80. The summed E-state index contributed by atoms with van der Waals surface area (Å²) in [7, 11) is 0.